The number of amides is 1. The second-order valence-electron chi connectivity index (χ2n) is 3.55. The van der Waals surface area contributed by atoms with Gasteiger partial charge in [0, 0.05) is 19.9 Å². The highest BCUT2D eigenvalue weighted by Gasteiger charge is 2.48. The standard InChI is InChI=1S/C9H14FNO3/c1-7(12)11-6-2-3-9(11,4-5-10)8(13)14/h2-6H2,1H3,(H,13,14). The van der Waals surface area contributed by atoms with Crippen LogP contribution in [0.15, 0.2) is 0 Å². The highest BCUT2D eigenvalue weighted by Crippen LogP contribution is 2.33. The van der Waals surface area contributed by atoms with Gasteiger partial charge in [-0.2, -0.15) is 0 Å². The molecular weight excluding hydrogens is 189 g/mol. The highest BCUT2D eigenvalue weighted by molar-refractivity contribution is 5.86. The molecule has 0 spiro atoms. The molecule has 0 aliphatic carbocycles. The maximum atomic E-state index is 12.3. The topological polar surface area (TPSA) is 57.6 Å². The Morgan fingerprint density at radius 2 is 2.21 bits per heavy atom. The van der Waals surface area contributed by atoms with E-state index in [1.807, 2.05) is 0 Å². The van der Waals surface area contributed by atoms with Crippen molar-refractivity contribution in [2.75, 3.05) is 13.2 Å². The number of hydrogen-bond acceptors (Lipinski definition) is 2. The average Bonchev–Trinajstić information content (AvgIpc) is 2.50. The molecule has 0 bridgehead atoms. The maximum Gasteiger partial charge on any atom is 0.329 e. The van der Waals surface area contributed by atoms with Gasteiger partial charge in [0.05, 0.1) is 6.67 Å². The van der Waals surface area contributed by atoms with E-state index in [0.29, 0.717) is 19.4 Å². The molecule has 1 heterocycles. The van der Waals surface area contributed by atoms with Gasteiger partial charge >= 0.3 is 5.97 Å². The van der Waals surface area contributed by atoms with Crippen molar-refractivity contribution in [2.24, 2.45) is 0 Å². The van der Waals surface area contributed by atoms with Crippen molar-refractivity contribution in [2.45, 2.75) is 31.7 Å². The molecule has 1 N–H and O–H groups in total. The fourth-order valence-corrected chi connectivity index (χ4v) is 2.08. The van der Waals surface area contributed by atoms with Crippen LogP contribution in [0.1, 0.15) is 26.2 Å². The summed E-state index contributed by atoms with van der Waals surface area (Å²) in [5, 5.41) is 9.05. The number of rotatable bonds is 3. The minimum Gasteiger partial charge on any atom is -0.479 e. The van der Waals surface area contributed by atoms with Gasteiger partial charge in [0.2, 0.25) is 5.91 Å². The first-order chi connectivity index (χ1) is 6.54. The molecule has 0 saturated carbocycles. The lowest BCUT2D eigenvalue weighted by Gasteiger charge is -2.33. The lowest BCUT2D eigenvalue weighted by Crippen LogP contribution is -2.52. The largest absolute Gasteiger partial charge is 0.479 e. The van der Waals surface area contributed by atoms with Crippen LogP contribution in [0, 0.1) is 0 Å². The van der Waals surface area contributed by atoms with E-state index in [1.165, 1.54) is 11.8 Å². The summed E-state index contributed by atoms with van der Waals surface area (Å²) in [4.78, 5) is 23.5. The summed E-state index contributed by atoms with van der Waals surface area (Å²) in [5.41, 5.74) is -1.29. The van der Waals surface area contributed by atoms with E-state index in [1.54, 1.807) is 0 Å². The SMILES string of the molecule is CC(=O)N1CCCC1(CCF)C(=O)O. The summed E-state index contributed by atoms with van der Waals surface area (Å²) >= 11 is 0. The van der Waals surface area contributed by atoms with Crippen LogP contribution in [0.4, 0.5) is 4.39 Å². The molecule has 14 heavy (non-hydrogen) atoms. The molecular formula is C9H14FNO3. The summed E-state index contributed by atoms with van der Waals surface area (Å²) < 4.78 is 12.3. The number of likely N-dealkylation sites (tertiary alicyclic amines) is 1. The molecule has 1 unspecified atom stereocenters. The van der Waals surface area contributed by atoms with Crippen LogP contribution in [0.3, 0.4) is 0 Å². The number of aliphatic carboxylic acids is 1. The van der Waals surface area contributed by atoms with Crippen LogP contribution in [0.5, 0.6) is 0 Å². The Morgan fingerprint density at radius 1 is 1.57 bits per heavy atom. The smallest absolute Gasteiger partial charge is 0.329 e. The van der Waals surface area contributed by atoms with E-state index >= 15 is 0 Å². The highest BCUT2D eigenvalue weighted by atomic mass is 19.1. The molecule has 0 aromatic rings. The number of carboxylic acids is 1. The zero-order valence-corrected chi connectivity index (χ0v) is 8.12. The zero-order valence-electron chi connectivity index (χ0n) is 8.12. The summed E-state index contributed by atoms with van der Waals surface area (Å²) in [7, 11) is 0. The fraction of sp³-hybridized carbons (Fsp3) is 0.778. The van der Waals surface area contributed by atoms with Gasteiger partial charge < -0.3 is 10.0 Å². The first-order valence-corrected chi connectivity index (χ1v) is 4.62. The normalized spacial score (nSPS) is 26.6. The van der Waals surface area contributed by atoms with Crippen molar-refractivity contribution < 1.29 is 19.1 Å². The second kappa shape index (κ2) is 3.94. The van der Waals surface area contributed by atoms with E-state index in [2.05, 4.69) is 0 Å². The third-order valence-electron chi connectivity index (χ3n) is 2.78. The van der Waals surface area contributed by atoms with Gasteiger partial charge in [0.1, 0.15) is 5.54 Å². The molecule has 1 fully saturated rings. The van der Waals surface area contributed by atoms with Crippen LogP contribution in [-0.4, -0.2) is 40.6 Å². The molecule has 1 saturated heterocycles. The number of carbonyl (C=O) groups excluding carboxylic acids is 1. The van der Waals surface area contributed by atoms with Crippen LogP contribution < -0.4 is 0 Å². The number of halogens is 1. The van der Waals surface area contributed by atoms with E-state index < -0.39 is 18.2 Å². The summed E-state index contributed by atoms with van der Waals surface area (Å²) in [5.74, 6) is -1.39. The Hall–Kier alpha value is -1.13. The maximum absolute atomic E-state index is 12.3. The lowest BCUT2D eigenvalue weighted by molar-refractivity contribution is -0.156. The molecule has 1 amide bonds. The van der Waals surface area contributed by atoms with E-state index in [-0.39, 0.29) is 12.3 Å². The Bertz CT molecular complexity index is 256. The van der Waals surface area contributed by atoms with Gasteiger partial charge in [-0.3, -0.25) is 9.18 Å². The van der Waals surface area contributed by atoms with Crippen molar-refractivity contribution in [1.82, 2.24) is 4.90 Å². The van der Waals surface area contributed by atoms with Gasteiger partial charge in [-0.1, -0.05) is 0 Å². The van der Waals surface area contributed by atoms with Crippen molar-refractivity contribution in [3.63, 3.8) is 0 Å². The molecule has 5 heteroatoms. The van der Waals surface area contributed by atoms with Gasteiger partial charge in [0.25, 0.3) is 0 Å². The molecule has 1 aliphatic rings. The number of hydrogen-bond donors (Lipinski definition) is 1. The van der Waals surface area contributed by atoms with Crippen molar-refractivity contribution >= 4 is 11.9 Å². The number of carbonyl (C=O) groups is 2. The second-order valence-corrected chi connectivity index (χ2v) is 3.55. The first kappa shape index (κ1) is 10.9. The molecule has 4 nitrogen and oxygen atoms in total. The molecule has 1 rings (SSSR count). The Labute approximate surface area is 81.7 Å². The van der Waals surface area contributed by atoms with Crippen LogP contribution >= 0.6 is 0 Å². The monoisotopic (exact) mass is 203 g/mol. The number of alkyl halides is 1. The molecule has 0 aromatic heterocycles. The zero-order chi connectivity index (χ0) is 10.8. The lowest BCUT2D eigenvalue weighted by atomic mass is 9.92. The van der Waals surface area contributed by atoms with Gasteiger partial charge in [0.15, 0.2) is 0 Å². The van der Waals surface area contributed by atoms with Crippen LogP contribution in [0.25, 0.3) is 0 Å². The molecule has 1 atom stereocenters. The van der Waals surface area contributed by atoms with Crippen molar-refractivity contribution in [3.8, 4) is 0 Å². The molecule has 0 radical (unpaired) electrons. The van der Waals surface area contributed by atoms with E-state index in [0.717, 1.165) is 0 Å². The predicted molar refractivity (Wildman–Crippen MR) is 47.6 cm³/mol. The van der Waals surface area contributed by atoms with Gasteiger partial charge in [-0.25, -0.2) is 4.79 Å². The Morgan fingerprint density at radius 3 is 2.64 bits per heavy atom. The van der Waals surface area contributed by atoms with Gasteiger partial charge in [-0.15, -0.1) is 0 Å². The van der Waals surface area contributed by atoms with Crippen LogP contribution in [-0.2, 0) is 9.59 Å². The van der Waals surface area contributed by atoms with E-state index in [4.69, 9.17) is 5.11 Å². The van der Waals surface area contributed by atoms with Crippen molar-refractivity contribution in [3.05, 3.63) is 0 Å². The fourth-order valence-electron chi connectivity index (χ4n) is 2.08. The minimum absolute atomic E-state index is 0.109. The Kier molecular flexibility index (Phi) is 3.08. The third kappa shape index (κ3) is 1.58. The quantitative estimate of drug-likeness (QED) is 0.738. The predicted octanol–water partition coefficient (Wildman–Crippen LogP) is 0.812. The minimum atomic E-state index is -1.29. The molecule has 1 aliphatic heterocycles. The first-order valence-electron chi connectivity index (χ1n) is 4.62. The van der Waals surface area contributed by atoms with Gasteiger partial charge in [-0.05, 0) is 12.8 Å². The molecule has 80 valence electrons. The Balaban J connectivity index is 2.95. The summed E-state index contributed by atoms with van der Waals surface area (Å²) in [6, 6.07) is 0. The summed E-state index contributed by atoms with van der Waals surface area (Å²) in [6.45, 7) is 1.03. The number of carboxylic acid groups (broad SMARTS) is 1. The average molecular weight is 203 g/mol. The third-order valence-corrected chi connectivity index (χ3v) is 2.78. The number of nitrogens with zero attached hydrogens (tertiary/aromatic N) is 1. The van der Waals surface area contributed by atoms with Crippen molar-refractivity contribution in [1.29, 1.82) is 0 Å². The summed E-state index contributed by atoms with van der Waals surface area (Å²) in [6.07, 6.45) is 0.875. The van der Waals surface area contributed by atoms with Crippen LogP contribution in [0.2, 0.25) is 0 Å². The molecule has 0 aromatic carbocycles. The van der Waals surface area contributed by atoms with E-state index in [9.17, 15) is 14.0 Å².